The molecule has 172 valence electrons. The number of amides is 4. The Morgan fingerprint density at radius 2 is 1.76 bits per heavy atom. The van der Waals surface area contributed by atoms with Crippen molar-refractivity contribution < 1.29 is 23.7 Å². The topological polar surface area (TPSA) is 156 Å². The van der Waals surface area contributed by atoms with E-state index < -0.39 is 42.1 Å². The van der Waals surface area contributed by atoms with Gasteiger partial charge in [0.05, 0.1) is 6.42 Å². The van der Waals surface area contributed by atoms with Crippen molar-refractivity contribution in [3.05, 3.63) is 65.5 Å². The third-order valence-electron chi connectivity index (χ3n) is 4.97. The van der Waals surface area contributed by atoms with Crippen LogP contribution >= 0.6 is 0 Å². The van der Waals surface area contributed by atoms with Crippen molar-refractivity contribution in [3.8, 4) is 0 Å². The van der Waals surface area contributed by atoms with E-state index in [0.29, 0.717) is 5.76 Å². The molecular formula is C23H25N5O5. The van der Waals surface area contributed by atoms with Gasteiger partial charge in [-0.05, 0) is 30.2 Å². The fourth-order valence-corrected chi connectivity index (χ4v) is 3.28. The molecule has 0 spiro atoms. The molecule has 0 aliphatic carbocycles. The Morgan fingerprint density at radius 3 is 2.45 bits per heavy atom. The van der Waals surface area contributed by atoms with Crippen molar-refractivity contribution >= 4 is 34.4 Å². The van der Waals surface area contributed by atoms with Crippen molar-refractivity contribution in [1.29, 1.82) is 0 Å². The van der Waals surface area contributed by atoms with Gasteiger partial charge in [0.25, 0.3) is 5.91 Å². The summed E-state index contributed by atoms with van der Waals surface area (Å²) in [5.74, 6) is -2.24. The summed E-state index contributed by atoms with van der Waals surface area (Å²) in [6.07, 6.45) is -0.446. The maximum atomic E-state index is 12.7. The molecule has 2 atom stereocenters. The summed E-state index contributed by atoms with van der Waals surface area (Å²) in [4.78, 5) is 48.9. The highest BCUT2D eigenvalue weighted by Crippen LogP contribution is 2.18. The summed E-state index contributed by atoms with van der Waals surface area (Å²) in [7, 11) is 0. The zero-order valence-corrected chi connectivity index (χ0v) is 18.3. The molecule has 0 fully saturated rings. The average molecular weight is 451 g/mol. The minimum Gasteiger partial charge on any atom is -0.370 e. The number of hydrogen-bond donors (Lipinski definition) is 4. The standard InChI is InChI=1S/C23H25N5O5/c1-13-10-19(28-33-13)23(32)27-18(11-20(24)29)22(31)26-14(2)21(30)25-12-16-8-5-7-15-6-3-4-9-17(15)16/h3-10,14,18H,11-12H2,1-2H3,(H2,24,29)(H,25,30)(H,26,31)(H,27,32)/t14-,18-/m0/s1. The van der Waals surface area contributed by atoms with Crippen molar-refractivity contribution in [1.82, 2.24) is 21.1 Å². The van der Waals surface area contributed by atoms with Gasteiger partial charge >= 0.3 is 0 Å². The second kappa shape index (κ2) is 10.4. The number of nitrogens with zero attached hydrogens (tertiary/aromatic N) is 1. The number of aromatic nitrogens is 1. The molecule has 1 aromatic heterocycles. The Bertz CT molecular complexity index is 1180. The van der Waals surface area contributed by atoms with Gasteiger partial charge in [0, 0.05) is 12.6 Å². The first-order valence-electron chi connectivity index (χ1n) is 10.3. The highest BCUT2D eigenvalue weighted by molar-refractivity contribution is 5.98. The largest absolute Gasteiger partial charge is 0.370 e. The fraction of sp³-hybridized carbons (Fsp3) is 0.261. The zero-order chi connectivity index (χ0) is 24.0. The van der Waals surface area contributed by atoms with Crippen LogP contribution in [0.5, 0.6) is 0 Å². The Labute approximate surface area is 189 Å². The van der Waals surface area contributed by atoms with E-state index in [-0.39, 0.29) is 12.2 Å². The first-order chi connectivity index (χ1) is 15.7. The predicted octanol–water partition coefficient (Wildman–Crippen LogP) is 0.931. The highest BCUT2D eigenvalue weighted by Gasteiger charge is 2.27. The van der Waals surface area contributed by atoms with E-state index >= 15 is 0 Å². The van der Waals surface area contributed by atoms with Crippen LogP contribution in [0, 0.1) is 6.92 Å². The molecule has 0 aliphatic rings. The maximum absolute atomic E-state index is 12.7. The quantitative estimate of drug-likeness (QED) is 0.379. The van der Waals surface area contributed by atoms with E-state index in [0.717, 1.165) is 16.3 Å². The third-order valence-corrected chi connectivity index (χ3v) is 4.97. The van der Waals surface area contributed by atoms with Crippen LogP contribution in [0.25, 0.3) is 10.8 Å². The Hall–Kier alpha value is -4.21. The number of aryl methyl sites for hydroxylation is 1. The number of fused-ring (bicyclic) bond motifs is 1. The summed E-state index contributed by atoms with van der Waals surface area (Å²) >= 11 is 0. The van der Waals surface area contributed by atoms with Gasteiger partial charge in [-0.1, -0.05) is 47.6 Å². The maximum Gasteiger partial charge on any atom is 0.274 e. The van der Waals surface area contributed by atoms with Crippen LogP contribution in [-0.4, -0.2) is 40.9 Å². The molecule has 4 amide bonds. The number of nitrogens with one attached hydrogen (secondary N) is 3. The van der Waals surface area contributed by atoms with Crippen LogP contribution < -0.4 is 21.7 Å². The van der Waals surface area contributed by atoms with E-state index in [1.165, 1.54) is 13.0 Å². The van der Waals surface area contributed by atoms with Gasteiger partial charge in [0.1, 0.15) is 17.8 Å². The second-order valence-electron chi connectivity index (χ2n) is 7.61. The lowest BCUT2D eigenvalue weighted by molar-refractivity contribution is -0.130. The molecule has 2 aromatic carbocycles. The number of primary amides is 1. The molecule has 33 heavy (non-hydrogen) atoms. The SMILES string of the molecule is Cc1cc(C(=O)N[C@@H](CC(N)=O)C(=O)N[C@@H](C)C(=O)NCc2cccc3ccccc23)no1. The van der Waals surface area contributed by atoms with Gasteiger partial charge in [-0.2, -0.15) is 0 Å². The smallest absolute Gasteiger partial charge is 0.274 e. The molecule has 0 aliphatic heterocycles. The molecule has 0 saturated heterocycles. The Balaban J connectivity index is 1.60. The molecular weight excluding hydrogens is 426 g/mol. The van der Waals surface area contributed by atoms with Gasteiger partial charge in [0.2, 0.25) is 17.7 Å². The molecule has 5 N–H and O–H groups in total. The van der Waals surface area contributed by atoms with Crippen molar-refractivity contribution in [2.24, 2.45) is 5.73 Å². The van der Waals surface area contributed by atoms with Gasteiger partial charge in [-0.15, -0.1) is 0 Å². The Morgan fingerprint density at radius 1 is 1.03 bits per heavy atom. The highest BCUT2D eigenvalue weighted by atomic mass is 16.5. The normalized spacial score (nSPS) is 12.5. The number of carbonyl (C=O) groups is 4. The summed E-state index contributed by atoms with van der Waals surface area (Å²) in [6, 6.07) is 12.8. The minimum atomic E-state index is -1.28. The first-order valence-corrected chi connectivity index (χ1v) is 10.3. The first kappa shape index (κ1) is 23.5. The van der Waals surface area contributed by atoms with E-state index in [1.807, 2.05) is 42.5 Å². The van der Waals surface area contributed by atoms with E-state index in [9.17, 15) is 19.2 Å². The van der Waals surface area contributed by atoms with Gasteiger partial charge in [-0.25, -0.2) is 0 Å². The lowest BCUT2D eigenvalue weighted by atomic mass is 10.0. The molecule has 10 heteroatoms. The van der Waals surface area contributed by atoms with E-state index in [4.69, 9.17) is 10.3 Å². The van der Waals surface area contributed by atoms with E-state index in [1.54, 1.807) is 6.92 Å². The van der Waals surface area contributed by atoms with Crippen LogP contribution in [0.3, 0.4) is 0 Å². The lowest BCUT2D eigenvalue weighted by Gasteiger charge is -2.20. The number of nitrogens with two attached hydrogens (primary N) is 1. The fourth-order valence-electron chi connectivity index (χ4n) is 3.28. The molecule has 3 rings (SSSR count). The summed E-state index contributed by atoms with van der Waals surface area (Å²) in [5.41, 5.74) is 6.10. The van der Waals surface area contributed by atoms with Gasteiger partial charge in [-0.3, -0.25) is 19.2 Å². The van der Waals surface area contributed by atoms with Crippen LogP contribution in [0.2, 0.25) is 0 Å². The summed E-state index contributed by atoms with van der Waals surface area (Å²) < 4.78 is 4.84. The Kier molecular flexibility index (Phi) is 7.39. The average Bonchev–Trinajstić information content (AvgIpc) is 3.23. The molecule has 3 aromatic rings. The van der Waals surface area contributed by atoms with Crippen molar-refractivity contribution in [2.45, 2.75) is 38.9 Å². The number of benzene rings is 2. The molecule has 0 unspecified atom stereocenters. The van der Waals surface area contributed by atoms with Crippen LogP contribution in [0.15, 0.2) is 53.1 Å². The lowest BCUT2D eigenvalue weighted by Crippen LogP contribution is -2.53. The predicted molar refractivity (Wildman–Crippen MR) is 120 cm³/mol. The molecule has 1 heterocycles. The minimum absolute atomic E-state index is 0.0457. The zero-order valence-electron chi connectivity index (χ0n) is 18.3. The van der Waals surface area contributed by atoms with Crippen LogP contribution in [-0.2, 0) is 20.9 Å². The van der Waals surface area contributed by atoms with E-state index in [2.05, 4.69) is 21.1 Å². The molecule has 0 radical (unpaired) electrons. The van der Waals surface area contributed by atoms with Crippen molar-refractivity contribution in [3.63, 3.8) is 0 Å². The van der Waals surface area contributed by atoms with Crippen LogP contribution in [0.1, 0.15) is 35.2 Å². The van der Waals surface area contributed by atoms with Gasteiger partial charge in [0.15, 0.2) is 5.69 Å². The third kappa shape index (κ3) is 6.16. The molecule has 0 bridgehead atoms. The van der Waals surface area contributed by atoms with Gasteiger partial charge < -0.3 is 26.2 Å². The number of carbonyl (C=O) groups excluding carboxylic acids is 4. The monoisotopic (exact) mass is 451 g/mol. The van der Waals surface area contributed by atoms with Crippen LogP contribution in [0.4, 0.5) is 0 Å². The molecule has 10 nitrogen and oxygen atoms in total. The summed E-state index contributed by atoms with van der Waals surface area (Å²) in [5, 5.41) is 13.3. The summed E-state index contributed by atoms with van der Waals surface area (Å²) in [6.45, 7) is 3.38. The number of hydrogen-bond acceptors (Lipinski definition) is 6. The number of rotatable bonds is 9. The molecule has 0 saturated carbocycles. The second-order valence-corrected chi connectivity index (χ2v) is 7.61. The van der Waals surface area contributed by atoms with Crippen molar-refractivity contribution in [2.75, 3.05) is 0 Å².